The van der Waals surface area contributed by atoms with Crippen molar-refractivity contribution in [2.45, 2.75) is 32.7 Å². The van der Waals surface area contributed by atoms with E-state index in [4.69, 9.17) is 0 Å². The highest BCUT2D eigenvalue weighted by Crippen LogP contribution is 2.15. The number of carbonyl (C=O) groups excluding carboxylic acids is 3. The molecule has 20 heavy (non-hydrogen) atoms. The maximum Gasteiger partial charge on any atom is 0.325 e. The van der Waals surface area contributed by atoms with E-state index in [0.717, 1.165) is 17.9 Å². The van der Waals surface area contributed by atoms with E-state index in [1.165, 1.54) is 0 Å². The fourth-order valence-electron chi connectivity index (χ4n) is 1.75. The van der Waals surface area contributed by atoms with Crippen LogP contribution in [0.2, 0.25) is 0 Å². The maximum absolute atomic E-state index is 11.8. The molecule has 116 valence electrons. The van der Waals surface area contributed by atoms with Gasteiger partial charge in [0.05, 0.1) is 0 Å². The molecule has 3 N–H and O–H groups in total. The van der Waals surface area contributed by atoms with Gasteiger partial charge in [-0.1, -0.05) is 6.92 Å². The largest absolute Gasteiger partial charge is 0.353 e. The second-order valence-corrected chi connectivity index (χ2v) is 5.05. The van der Waals surface area contributed by atoms with Gasteiger partial charge in [0.15, 0.2) is 0 Å². The predicted octanol–water partition coefficient (Wildman–Crippen LogP) is -0.146. The molecule has 1 aliphatic rings. The highest BCUT2D eigenvalue weighted by molar-refractivity contribution is 6.08. The van der Waals surface area contributed by atoms with Crippen LogP contribution in [0.25, 0.3) is 0 Å². The zero-order valence-corrected chi connectivity index (χ0v) is 12.9. The van der Waals surface area contributed by atoms with E-state index in [1.807, 2.05) is 0 Å². The molecule has 1 aliphatic heterocycles. The number of imide groups is 1. The highest BCUT2D eigenvalue weighted by Gasteiger charge is 2.44. The highest BCUT2D eigenvalue weighted by atomic mass is 35.5. The molecule has 0 radical (unpaired) electrons. The summed E-state index contributed by atoms with van der Waals surface area (Å²) < 4.78 is 0. The van der Waals surface area contributed by atoms with Crippen LogP contribution >= 0.6 is 12.4 Å². The fraction of sp³-hybridized carbons (Fsp3) is 0.750. The number of halogens is 1. The van der Waals surface area contributed by atoms with Crippen LogP contribution < -0.4 is 16.0 Å². The van der Waals surface area contributed by atoms with Crippen LogP contribution in [0.4, 0.5) is 4.79 Å². The Bertz CT molecular complexity index is 374. The molecule has 0 aromatic rings. The van der Waals surface area contributed by atoms with Crippen molar-refractivity contribution < 1.29 is 14.4 Å². The van der Waals surface area contributed by atoms with Crippen LogP contribution in [-0.2, 0) is 9.59 Å². The molecule has 0 saturated carbocycles. The van der Waals surface area contributed by atoms with Crippen molar-refractivity contribution in [1.82, 2.24) is 20.9 Å². The number of nitrogens with one attached hydrogen (secondary N) is 3. The summed E-state index contributed by atoms with van der Waals surface area (Å²) in [5, 5.41) is 8.33. The zero-order valence-electron chi connectivity index (χ0n) is 12.1. The molecule has 1 fully saturated rings. The molecule has 0 aromatic heterocycles. The van der Waals surface area contributed by atoms with Crippen LogP contribution in [0.5, 0.6) is 0 Å². The average Bonchev–Trinajstić information content (AvgIpc) is 2.51. The Hall–Kier alpha value is -1.34. The topological polar surface area (TPSA) is 90.5 Å². The molecule has 0 atom stereocenters. The molecule has 1 heterocycles. The van der Waals surface area contributed by atoms with Gasteiger partial charge < -0.3 is 16.0 Å². The second-order valence-electron chi connectivity index (χ2n) is 5.05. The third-order valence-electron chi connectivity index (χ3n) is 2.80. The van der Waals surface area contributed by atoms with E-state index in [0.29, 0.717) is 13.1 Å². The van der Waals surface area contributed by atoms with Crippen LogP contribution in [0.1, 0.15) is 27.2 Å². The van der Waals surface area contributed by atoms with E-state index in [9.17, 15) is 14.4 Å². The smallest absolute Gasteiger partial charge is 0.325 e. The Morgan fingerprint density at radius 3 is 2.40 bits per heavy atom. The van der Waals surface area contributed by atoms with Gasteiger partial charge in [0.25, 0.3) is 5.91 Å². The van der Waals surface area contributed by atoms with E-state index in [-0.39, 0.29) is 30.8 Å². The number of hydrogen-bond acceptors (Lipinski definition) is 4. The van der Waals surface area contributed by atoms with E-state index in [1.54, 1.807) is 13.8 Å². The van der Waals surface area contributed by atoms with Crippen LogP contribution in [0.3, 0.4) is 0 Å². The summed E-state index contributed by atoms with van der Waals surface area (Å²) in [6.07, 6.45) is 1.03. The van der Waals surface area contributed by atoms with Crippen molar-refractivity contribution in [3.8, 4) is 0 Å². The fourth-order valence-corrected chi connectivity index (χ4v) is 1.75. The second kappa shape index (κ2) is 8.06. The average molecular weight is 307 g/mol. The molecule has 8 heteroatoms. The monoisotopic (exact) mass is 306 g/mol. The summed E-state index contributed by atoms with van der Waals surface area (Å²) in [5.74, 6) is -0.712. The molecule has 0 aliphatic carbocycles. The number of amides is 4. The molecule has 4 amide bonds. The molecule has 0 unspecified atom stereocenters. The lowest BCUT2D eigenvalue weighted by atomic mass is 10.1. The molecule has 7 nitrogen and oxygen atoms in total. The summed E-state index contributed by atoms with van der Waals surface area (Å²) in [6.45, 7) is 7.10. The first-order valence-electron chi connectivity index (χ1n) is 6.50. The summed E-state index contributed by atoms with van der Waals surface area (Å²) in [7, 11) is 0. The first-order valence-corrected chi connectivity index (χ1v) is 6.50. The minimum Gasteiger partial charge on any atom is -0.353 e. The Kier molecular flexibility index (Phi) is 7.52. The normalized spacial score (nSPS) is 16.6. The minimum atomic E-state index is -0.931. The number of nitrogens with zero attached hydrogens (tertiary/aromatic N) is 1. The predicted molar refractivity (Wildman–Crippen MR) is 77.7 cm³/mol. The lowest BCUT2D eigenvalue weighted by Gasteiger charge is -2.15. The Morgan fingerprint density at radius 1 is 1.25 bits per heavy atom. The van der Waals surface area contributed by atoms with Crippen molar-refractivity contribution in [2.24, 2.45) is 0 Å². The van der Waals surface area contributed by atoms with Crippen LogP contribution in [0, 0.1) is 0 Å². The zero-order chi connectivity index (χ0) is 14.5. The van der Waals surface area contributed by atoms with Crippen LogP contribution in [-0.4, -0.2) is 54.5 Å². The quantitative estimate of drug-likeness (QED) is 0.451. The number of carbonyl (C=O) groups is 3. The maximum atomic E-state index is 11.8. The number of rotatable bonds is 7. The van der Waals surface area contributed by atoms with Gasteiger partial charge in [-0.3, -0.25) is 14.5 Å². The molecule has 1 saturated heterocycles. The molecule has 0 spiro atoms. The summed E-state index contributed by atoms with van der Waals surface area (Å²) in [5.41, 5.74) is -0.931. The van der Waals surface area contributed by atoms with Crippen molar-refractivity contribution in [1.29, 1.82) is 0 Å². The van der Waals surface area contributed by atoms with Gasteiger partial charge in [0.1, 0.15) is 12.1 Å². The van der Waals surface area contributed by atoms with E-state index in [2.05, 4.69) is 22.9 Å². The number of hydrogen-bond donors (Lipinski definition) is 3. The van der Waals surface area contributed by atoms with Gasteiger partial charge in [0, 0.05) is 13.1 Å². The standard InChI is InChI=1S/C12H22N4O3.ClH/c1-4-5-13-6-7-14-9(17)8-16-10(18)12(2,3)15-11(16)19;/h13H,4-8H2,1-3H3,(H,14,17)(H,15,19);1H. The molecule has 0 aromatic carbocycles. The van der Waals surface area contributed by atoms with E-state index < -0.39 is 11.6 Å². The number of urea groups is 1. The van der Waals surface area contributed by atoms with Gasteiger partial charge in [-0.15, -0.1) is 12.4 Å². The lowest BCUT2D eigenvalue weighted by Crippen LogP contribution is -2.44. The summed E-state index contributed by atoms with van der Waals surface area (Å²) in [6, 6.07) is -0.519. The molecule has 1 rings (SSSR count). The van der Waals surface area contributed by atoms with Crippen molar-refractivity contribution in [3.63, 3.8) is 0 Å². The van der Waals surface area contributed by atoms with Crippen molar-refractivity contribution >= 4 is 30.3 Å². The third-order valence-corrected chi connectivity index (χ3v) is 2.80. The summed E-state index contributed by atoms with van der Waals surface area (Å²) >= 11 is 0. The van der Waals surface area contributed by atoms with Gasteiger partial charge in [-0.2, -0.15) is 0 Å². The van der Waals surface area contributed by atoms with Gasteiger partial charge in [-0.05, 0) is 26.8 Å². The minimum absolute atomic E-state index is 0. The molecular weight excluding hydrogens is 284 g/mol. The third kappa shape index (κ3) is 4.97. The van der Waals surface area contributed by atoms with E-state index >= 15 is 0 Å². The van der Waals surface area contributed by atoms with Gasteiger partial charge >= 0.3 is 6.03 Å². The Labute approximate surface area is 125 Å². The first kappa shape index (κ1) is 18.7. The Balaban J connectivity index is 0.00000361. The van der Waals surface area contributed by atoms with Crippen molar-refractivity contribution in [3.05, 3.63) is 0 Å². The van der Waals surface area contributed by atoms with Crippen molar-refractivity contribution in [2.75, 3.05) is 26.2 Å². The first-order chi connectivity index (χ1) is 8.88. The van der Waals surface area contributed by atoms with Gasteiger partial charge in [0.2, 0.25) is 5.91 Å². The molecular formula is C12H23ClN4O3. The molecule has 0 bridgehead atoms. The Morgan fingerprint density at radius 2 is 1.90 bits per heavy atom. The SMILES string of the molecule is CCCNCCNC(=O)CN1C(=O)NC(C)(C)C1=O.Cl. The lowest BCUT2D eigenvalue weighted by molar-refractivity contribution is -0.134. The van der Waals surface area contributed by atoms with Gasteiger partial charge in [-0.25, -0.2) is 4.79 Å². The van der Waals surface area contributed by atoms with Crippen LogP contribution in [0.15, 0.2) is 0 Å². The summed E-state index contributed by atoms with van der Waals surface area (Å²) in [4.78, 5) is 36.0.